The molecular weight excluding hydrogens is 681 g/mol. The SMILES string of the molecule is c1ccc(-c2cc(-c3cccnc3)nc(-c3ccccc3-c3ccc4c(c3)C3(c5ccccc5-4)c4ccccc4N(c4ccccc4)c4ccccc43)n2)cc1. The fourth-order valence-corrected chi connectivity index (χ4v) is 9.05. The Kier molecular flexibility index (Phi) is 7.36. The normalized spacial score (nSPS) is 13.1. The summed E-state index contributed by atoms with van der Waals surface area (Å²) < 4.78 is 0. The van der Waals surface area contributed by atoms with Crippen molar-refractivity contribution in [3.63, 3.8) is 0 Å². The van der Waals surface area contributed by atoms with Crippen molar-refractivity contribution in [2.45, 2.75) is 5.41 Å². The molecule has 0 N–H and O–H groups in total. The van der Waals surface area contributed by atoms with E-state index in [1.807, 2.05) is 30.5 Å². The van der Waals surface area contributed by atoms with Gasteiger partial charge in [-0.25, -0.2) is 9.97 Å². The molecular formula is C52H34N4. The average molecular weight is 715 g/mol. The number of hydrogen-bond donors (Lipinski definition) is 0. The van der Waals surface area contributed by atoms with E-state index < -0.39 is 5.41 Å². The van der Waals surface area contributed by atoms with Gasteiger partial charge in [0.05, 0.1) is 28.2 Å². The Hall–Kier alpha value is -7.43. The summed E-state index contributed by atoms with van der Waals surface area (Å²) in [6.07, 6.45) is 3.66. The molecule has 3 heterocycles. The molecule has 0 saturated carbocycles. The van der Waals surface area contributed by atoms with Gasteiger partial charge in [-0.3, -0.25) is 4.98 Å². The number of para-hydroxylation sites is 3. The zero-order valence-corrected chi connectivity index (χ0v) is 30.4. The van der Waals surface area contributed by atoms with Gasteiger partial charge in [-0.05, 0) is 93.0 Å². The summed E-state index contributed by atoms with van der Waals surface area (Å²) in [4.78, 5) is 17.3. The highest BCUT2D eigenvalue weighted by Crippen LogP contribution is 2.63. The number of anilines is 3. The number of fused-ring (bicyclic) bond motifs is 9. The standard InChI is InChI=1S/C52H34N4/c1-3-16-35(17-4-1)47-33-48(37-18-15-31-53-34-37)55-51(54-47)42-23-8-7-21-39(42)36-29-30-41-40-22-9-10-24-43(40)52(46(41)32-36)44-25-11-13-27-49(44)56(38-19-5-2-6-20-38)50-28-14-12-26-45(50)52/h1-34H. The zero-order valence-electron chi connectivity index (χ0n) is 30.4. The molecule has 4 nitrogen and oxygen atoms in total. The molecule has 56 heavy (non-hydrogen) atoms. The maximum Gasteiger partial charge on any atom is 0.161 e. The molecule has 1 spiro atoms. The first-order valence-corrected chi connectivity index (χ1v) is 19.0. The van der Waals surface area contributed by atoms with Gasteiger partial charge < -0.3 is 4.90 Å². The maximum absolute atomic E-state index is 5.23. The van der Waals surface area contributed by atoms with Gasteiger partial charge in [-0.15, -0.1) is 0 Å². The summed E-state index contributed by atoms with van der Waals surface area (Å²) in [5.74, 6) is 0.672. The fourth-order valence-electron chi connectivity index (χ4n) is 9.05. The number of rotatable bonds is 5. The van der Waals surface area contributed by atoms with Gasteiger partial charge in [0.2, 0.25) is 0 Å². The van der Waals surface area contributed by atoms with E-state index in [9.17, 15) is 0 Å². The molecule has 4 heteroatoms. The average Bonchev–Trinajstić information content (AvgIpc) is 3.57. The Morgan fingerprint density at radius 3 is 1.62 bits per heavy atom. The molecule has 0 fully saturated rings. The molecule has 0 amide bonds. The third-order valence-corrected chi connectivity index (χ3v) is 11.4. The van der Waals surface area contributed by atoms with E-state index in [0.29, 0.717) is 5.82 Å². The quantitative estimate of drug-likeness (QED) is 0.178. The van der Waals surface area contributed by atoms with Crippen molar-refractivity contribution in [2.24, 2.45) is 0 Å². The summed E-state index contributed by atoms with van der Waals surface area (Å²) in [5, 5.41) is 0. The van der Waals surface area contributed by atoms with Crippen molar-refractivity contribution < 1.29 is 0 Å². The predicted molar refractivity (Wildman–Crippen MR) is 227 cm³/mol. The van der Waals surface area contributed by atoms with Gasteiger partial charge >= 0.3 is 0 Å². The Morgan fingerprint density at radius 1 is 0.375 bits per heavy atom. The van der Waals surface area contributed by atoms with Crippen LogP contribution in [0.5, 0.6) is 0 Å². The predicted octanol–water partition coefficient (Wildman–Crippen LogP) is 12.7. The largest absolute Gasteiger partial charge is 0.310 e. The first-order valence-electron chi connectivity index (χ1n) is 19.0. The van der Waals surface area contributed by atoms with Crippen LogP contribution in [0.1, 0.15) is 22.3 Å². The van der Waals surface area contributed by atoms with Crippen LogP contribution in [-0.4, -0.2) is 15.0 Å². The third-order valence-electron chi connectivity index (χ3n) is 11.4. The van der Waals surface area contributed by atoms with E-state index in [1.165, 1.54) is 44.8 Å². The van der Waals surface area contributed by atoms with Gasteiger partial charge in [0.15, 0.2) is 5.82 Å². The smallest absolute Gasteiger partial charge is 0.161 e. The number of nitrogens with zero attached hydrogens (tertiary/aromatic N) is 4. The van der Waals surface area contributed by atoms with E-state index in [0.717, 1.165) is 44.9 Å². The van der Waals surface area contributed by atoms with E-state index in [1.54, 1.807) is 6.20 Å². The summed E-state index contributed by atoms with van der Waals surface area (Å²) in [6, 6.07) is 69.6. The first kappa shape index (κ1) is 32.0. The van der Waals surface area contributed by atoms with Gasteiger partial charge in [-0.1, -0.05) is 146 Å². The highest BCUT2D eigenvalue weighted by molar-refractivity contribution is 5.97. The van der Waals surface area contributed by atoms with Crippen molar-refractivity contribution in [1.82, 2.24) is 15.0 Å². The van der Waals surface area contributed by atoms with Crippen molar-refractivity contribution in [3.8, 4) is 56.2 Å². The fraction of sp³-hybridized carbons (Fsp3) is 0.0192. The second-order valence-corrected chi connectivity index (χ2v) is 14.4. The van der Waals surface area contributed by atoms with E-state index in [4.69, 9.17) is 9.97 Å². The molecule has 7 aromatic carbocycles. The number of hydrogen-bond acceptors (Lipinski definition) is 4. The lowest BCUT2D eigenvalue weighted by atomic mass is 9.64. The minimum absolute atomic E-state index is 0.549. The maximum atomic E-state index is 5.23. The number of benzene rings is 7. The van der Waals surface area contributed by atoms with Gasteiger partial charge in [0.1, 0.15) is 0 Å². The van der Waals surface area contributed by atoms with Crippen molar-refractivity contribution >= 4 is 17.1 Å². The first-order chi connectivity index (χ1) is 27.8. The Balaban J connectivity index is 1.15. The van der Waals surface area contributed by atoms with Gasteiger partial charge in [0.25, 0.3) is 0 Å². The van der Waals surface area contributed by atoms with Crippen molar-refractivity contribution in [3.05, 3.63) is 229 Å². The molecule has 0 saturated heterocycles. The van der Waals surface area contributed by atoms with E-state index in [2.05, 4.69) is 180 Å². The second-order valence-electron chi connectivity index (χ2n) is 14.4. The van der Waals surface area contributed by atoms with Crippen LogP contribution in [0.4, 0.5) is 17.1 Å². The minimum Gasteiger partial charge on any atom is -0.310 e. The molecule has 2 aromatic heterocycles. The third kappa shape index (κ3) is 4.83. The summed E-state index contributed by atoms with van der Waals surface area (Å²) in [5.41, 5.74) is 17.4. The Labute approximate surface area is 326 Å². The molecule has 1 aliphatic heterocycles. The van der Waals surface area contributed by atoms with Crippen molar-refractivity contribution in [2.75, 3.05) is 4.90 Å². The molecule has 9 aromatic rings. The Bertz CT molecular complexity index is 2820. The number of aromatic nitrogens is 3. The van der Waals surface area contributed by atoms with Crippen LogP contribution in [-0.2, 0) is 5.41 Å². The summed E-state index contributed by atoms with van der Waals surface area (Å²) in [6.45, 7) is 0. The van der Waals surface area contributed by atoms with Crippen LogP contribution in [0.25, 0.3) is 56.2 Å². The van der Waals surface area contributed by atoms with E-state index >= 15 is 0 Å². The van der Waals surface area contributed by atoms with Crippen LogP contribution in [0, 0.1) is 0 Å². The van der Waals surface area contributed by atoms with Gasteiger partial charge in [0, 0.05) is 34.8 Å². The highest BCUT2D eigenvalue weighted by Gasteiger charge is 2.51. The van der Waals surface area contributed by atoms with Crippen LogP contribution in [0.15, 0.2) is 207 Å². The molecule has 11 rings (SSSR count). The molecule has 0 atom stereocenters. The lowest BCUT2D eigenvalue weighted by Crippen LogP contribution is -2.36. The monoisotopic (exact) mass is 714 g/mol. The molecule has 1 aliphatic carbocycles. The summed E-state index contributed by atoms with van der Waals surface area (Å²) in [7, 11) is 0. The Morgan fingerprint density at radius 2 is 0.929 bits per heavy atom. The number of pyridine rings is 1. The molecule has 262 valence electrons. The van der Waals surface area contributed by atoms with E-state index in [-0.39, 0.29) is 0 Å². The van der Waals surface area contributed by atoms with Gasteiger partial charge in [-0.2, -0.15) is 0 Å². The minimum atomic E-state index is -0.549. The molecule has 0 radical (unpaired) electrons. The van der Waals surface area contributed by atoms with Crippen LogP contribution in [0.2, 0.25) is 0 Å². The lowest BCUT2D eigenvalue weighted by molar-refractivity contribution is 0.753. The van der Waals surface area contributed by atoms with Crippen LogP contribution < -0.4 is 4.90 Å². The highest BCUT2D eigenvalue weighted by atomic mass is 15.2. The summed E-state index contributed by atoms with van der Waals surface area (Å²) >= 11 is 0. The topological polar surface area (TPSA) is 41.9 Å². The zero-order chi connectivity index (χ0) is 37.1. The van der Waals surface area contributed by atoms with Crippen LogP contribution in [0.3, 0.4) is 0 Å². The molecule has 2 aliphatic rings. The lowest BCUT2D eigenvalue weighted by Gasteiger charge is -2.45. The second kappa shape index (κ2) is 12.9. The molecule has 0 unspecified atom stereocenters. The van der Waals surface area contributed by atoms with Crippen molar-refractivity contribution in [1.29, 1.82) is 0 Å². The van der Waals surface area contributed by atoms with Crippen LogP contribution >= 0.6 is 0 Å². The molecule has 0 bridgehead atoms.